The predicted molar refractivity (Wildman–Crippen MR) is 79.9 cm³/mol. The first kappa shape index (κ1) is 13.8. The van der Waals surface area contributed by atoms with E-state index in [9.17, 15) is 5.11 Å². The summed E-state index contributed by atoms with van der Waals surface area (Å²) in [7, 11) is 0. The van der Waals surface area contributed by atoms with E-state index in [1.165, 1.54) is 22.3 Å². The minimum Gasteiger partial charge on any atom is -0.396 e. The molecule has 0 aliphatic heterocycles. The second-order valence-corrected chi connectivity index (χ2v) is 5.05. The van der Waals surface area contributed by atoms with Crippen molar-refractivity contribution in [2.75, 3.05) is 13.2 Å². The van der Waals surface area contributed by atoms with Gasteiger partial charge in [-0.3, -0.25) is 0 Å². The summed E-state index contributed by atoms with van der Waals surface area (Å²) in [6, 6.07) is 17.0. The first-order valence-electron chi connectivity index (χ1n) is 6.70. The Morgan fingerprint density at radius 2 is 1.79 bits per heavy atom. The van der Waals surface area contributed by atoms with Crippen LogP contribution in [0.1, 0.15) is 11.1 Å². The van der Waals surface area contributed by atoms with Crippen LogP contribution in [0.2, 0.25) is 0 Å². The summed E-state index contributed by atoms with van der Waals surface area (Å²) in [4.78, 5) is 0. The number of benzene rings is 2. The van der Waals surface area contributed by atoms with Gasteiger partial charge in [0.1, 0.15) is 0 Å². The Bertz CT molecular complexity index is 515. The van der Waals surface area contributed by atoms with Crippen LogP contribution in [0.4, 0.5) is 0 Å². The molecule has 3 N–H and O–H groups in total. The zero-order valence-corrected chi connectivity index (χ0v) is 11.3. The van der Waals surface area contributed by atoms with Crippen molar-refractivity contribution in [1.82, 2.24) is 0 Å². The van der Waals surface area contributed by atoms with Crippen LogP contribution in [0, 0.1) is 12.8 Å². The number of nitrogens with two attached hydrogens (primary N) is 1. The molecule has 1 unspecified atom stereocenters. The molecule has 0 aliphatic carbocycles. The van der Waals surface area contributed by atoms with Crippen LogP contribution in [0.3, 0.4) is 0 Å². The summed E-state index contributed by atoms with van der Waals surface area (Å²) in [5.74, 6) is 0.147. The Kier molecular flexibility index (Phi) is 4.72. The van der Waals surface area contributed by atoms with Gasteiger partial charge in [-0.15, -0.1) is 0 Å². The number of rotatable bonds is 5. The van der Waals surface area contributed by atoms with Crippen molar-refractivity contribution in [3.05, 3.63) is 59.7 Å². The minimum absolute atomic E-state index is 0.144. The fourth-order valence-electron chi connectivity index (χ4n) is 2.18. The lowest BCUT2D eigenvalue weighted by molar-refractivity contribution is 0.230. The lowest BCUT2D eigenvalue weighted by Crippen LogP contribution is -2.20. The molecule has 0 saturated heterocycles. The summed E-state index contributed by atoms with van der Waals surface area (Å²) in [5, 5.41) is 9.22. The van der Waals surface area contributed by atoms with Gasteiger partial charge in [0.2, 0.25) is 0 Å². The highest BCUT2D eigenvalue weighted by molar-refractivity contribution is 5.64. The Morgan fingerprint density at radius 1 is 1.05 bits per heavy atom. The summed E-state index contributed by atoms with van der Waals surface area (Å²) in [6.45, 7) is 2.75. The van der Waals surface area contributed by atoms with E-state index >= 15 is 0 Å². The highest BCUT2D eigenvalue weighted by Gasteiger charge is 2.07. The number of aryl methyl sites for hydroxylation is 1. The van der Waals surface area contributed by atoms with Crippen molar-refractivity contribution < 1.29 is 5.11 Å². The van der Waals surface area contributed by atoms with Crippen LogP contribution in [-0.2, 0) is 6.42 Å². The normalized spacial score (nSPS) is 12.4. The Morgan fingerprint density at radius 3 is 2.42 bits per heavy atom. The molecule has 2 aromatic rings. The molecule has 100 valence electrons. The van der Waals surface area contributed by atoms with Crippen molar-refractivity contribution in [2.24, 2.45) is 11.7 Å². The zero-order valence-electron chi connectivity index (χ0n) is 11.3. The molecule has 0 heterocycles. The third kappa shape index (κ3) is 3.66. The van der Waals surface area contributed by atoms with Crippen LogP contribution in [0.5, 0.6) is 0 Å². The summed E-state index contributed by atoms with van der Waals surface area (Å²) in [5.41, 5.74) is 10.6. The molecule has 2 rings (SSSR count). The van der Waals surface area contributed by atoms with Crippen LogP contribution in [-0.4, -0.2) is 18.3 Å². The fraction of sp³-hybridized carbons (Fsp3) is 0.294. The third-order valence-electron chi connectivity index (χ3n) is 3.43. The van der Waals surface area contributed by atoms with E-state index in [4.69, 9.17) is 5.73 Å². The highest BCUT2D eigenvalue weighted by Crippen LogP contribution is 2.22. The van der Waals surface area contributed by atoms with Gasteiger partial charge in [-0.2, -0.15) is 0 Å². The molecule has 0 saturated carbocycles. The summed E-state index contributed by atoms with van der Waals surface area (Å²) >= 11 is 0. The van der Waals surface area contributed by atoms with E-state index in [-0.39, 0.29) is 12.5 Å². The molecule has 0 aliphatic rings. The van der Waals surface area contributed by atoms with E-state index in [1.807, 2.05) is 0 Å². The van der Waals surface area contributed by atoms with Crippen LogP contribution < -0.4 is 5.73 Å². The molecule has 2 heteroatoms. The van der Waals surface area contributed by atoms with Gasteiger partial charge in [0.25, 0.3) is 0 Å². The first-order chi connectivity index (χ1) is 9.22. The Balaban J connectivity index is 2.21. The molecule has 0 spiro atoms. The zero-order chi connectivity index (χ0) is 13.7. The largest absolute Gasteiger partial charge is 0.396 e. The van der Waals surface area contributed by atoms with Gasteiger partial charge in [0, 0.05) is 6.61 Å². The lowest BCUT2D eigenvalue weighted by atomic mass is 9.96. The quantitative estimate of drug-likeness (QED) is 0.863. The van der Waals surface area contributed by atoms with Crippen LogP contribution >= 0.6 is 0 Å². The maximum Gasteiger partial charge on any atom is 0.0474 e. The molecule has 0 radical (unpaired) electrons. The second kappa shape index (κ2) is 6.50. The standard InChI is InChI=1S/C17H21NO/c1-13-5-7-16(8-6-13)17-4-2-3-14(10-17)9-15(11-18)12-19/h2-8,10,15,19H,9,11-12,18H2,1H3. The number of aliphatic hydroxyl groups excluding tert-OH is 1. The topological polar surface area (TPSA) is 46.2 Å². The average Bonchev–Trinajstić information content (AvgIpc) is 2.46. The van der Waals surface area contributed by atoms with Crippen molar-refractivity contribution in [3.8, 4) is 11.1 Å². The van der Waals surface area contributed by atoms with Crippen molar-refractivity contribution in [2.45, 2.75) is 13.3 Å². The Hall–Kier alpha value is -1.64. The summed E-state index contributed by atoms with van der Waals surface area (Å²) in [6.07, 6.45) is 0.826. The molecular weight excluding hydrogens is 234 g/mol. The third-order valence-corrected chi connectivity index (χ3v) is 3.43. The van der Waals surface area contributed by atoms with Crippen LogP contribution in [0.25, 0.3) is 11.1 Å². The smallest absolute Gasteiger partial charge is 0.0474 e. The van der Waals surface area contributed by atoms with E-state index < -0.39 is 0 Å². The SMILES string of the molecule is Cc1ccc(-c2cccc(CC(CN)CO)c2)cc1. The van der Waals surface area contributed by atoms with Gasteiger partial charge in [-0.1, -0.05) is 54.1 Å². The van der Waals surface area contributed by atoms with E-state index in [0.29, 0.717) is 6.54 Å². The molecule has 1 atom stereocenters. The average molecular weight is 255 g/mol. The molecule has 0 bridgehead atoms. The van der Waals surface area contributed by atoms with Gasteiger partial charge < -0.3 is 10.8 Å². The molecule has 19 heavy (non-hydrogen) atoms. The van der Waals surface area contributed by atoms with Crippen molar-refractivity contribution >= 4 is 0 Å². The van der Waals surface area contributed by atoms with Crippen molar-refractivity contribution in [1.29, 1.82) is 0 Å². The van der Waals surface area contributed by atoms with Crippen molar-refractivity contribution in [3.63, 3.8) is 0 Å². The highest BCUT2D eigenvalue weighted by atomic mass is 16.3. The predicted octanol–water partition coefficient (Wildman–Crippen LogP) is 2.77. The van der Waals surface area contributed by atoms with Gasteiger partial charge in [-0.05, 0) is 42.5 Å². The number of hydrogen-bond acceptors (Lipinski definition) is 2. The maximum absolute atomic E-state index is 9.22. The molecule has 0 fully saturated rings. The first-order valence-corrected chi connectivity index (χ1v) is 6.70. The monoisotopic (exact) mass is 255 g/mol. The Labute approximate surface area is 114 Å². The fourth-order valence-corrected chi connectivity index (χ4v) is 2.18. The molecule has 0 aromatic heterocycles. The van der Waals surface area contributed by atoms with E-state index in [0.717, 1.165) is 6.42 Å². The van der Waals surface area contributed by atoms with Gasteiger partial charge >= 0.3 is 0 Å². The van der Waals surface area contributed by atoms with Gasteiger partial charge in [0.15, 0.2) is 0 Å². The molecule has 2 nitrogen and oxygen atoms in total. The lowest BCUT2D eigenvalue weighted by Gasteiger charge is -2.12. The molecule has 0 amide bonds. The molecule has 2 aromatic carbocycles. The summed E-state index contributed by atoms with van der Waals surface area (Å²) < 4.78 is 0. The van der Waals surface area contributed by atoms with E-state index in [1.54, 1.807) is 0 Å². The minimum atomic E-state index is 0.144. The number of hydrogen-bond donors (Lipinski definition) is 2. The second-order valence-electron chi connectivity index (χ2n) is 5.05. The number of aliphatic hydroxyl groups is 1. The van der Waals surface area contributed by atoms with E-state index in [2.05, 4.69) is 55.5 Å². The van der Waals surface area contributed by atoms with Gasteiger partial charge in [0.05, 0.1) is 0 Å². The van der Waals surface area contributed by atoms with Gasteiger partial charge in [-0.25, -0.2) is 0 Å². The maximum atomic E-state index is 9.22. The molecular formula is C17H21NO. The van der Waals surface area contributed by atoms with Crippen LogP contribution in [0.15, 0.2) is 48.5 Å².